The number of rotatable bonds is 87. The van der Waals surface area contributed by atoms with Crippen LogP contribution in [-0.4, -0.2) is 96.7 Å². The molecule has 5 atom stereocenters. The number of esters is 4. The van der Waals surface area contributed by atoms with Crippen molar-refractivity contribution in [3.05, 3.63) is 0 Å². The van der Waals surface area contributed by atoms with Crippen LogP contribution in [0, 0.1) is 5.92 Å². The second-order valence-electron chi connectivity index (χ2n) is 31.8. The van der Waals surface area contributed by atoms with Crippen LogP contribution in [0.5, 0.6) is 0 Å². The number of hydrogen-bond donors (Lipinski definition) is 3. The monoisotopic (exact) mass is 1550 g/mol. The Hall–Kier alpha value is -1.94. The number of aliphatic hydroxyl groups excluding tert-OH is 1. The van der Waals surface area contributed by atoms with Gasteiger partial charge >= 0.3 is 39.5 Å². The first-order valence-corrected chi connectivity index (χ1v) is 48.1. The van der Waals surface area contributed by atoms with Crippen molar-refractivity contribution >= 4 is 39.5 Å². The van der Waals surface area contributed by atoms with Gasteiger partial charge in [0.25, 0.3) is 0 Å². The Morgan fingerprint density at radius 1 is 0.255 bits per heavy atom. The van der Waals surface area contributed by atoms with Gasteiger partial charge in [-0.1, -0.05) is 420 Å². The van der Waals surface area contributed by atoms with E-state index in [1.807, 2.05) is 0 Å². The highest BCUT2D eigenvalue weighted by Crippen LogP contribution is 2.45. The number of hydrogen-bond acceptors (Lipinski definition) is 15. The number of aliphatic hydroxyl groups is 1. The molecule has 2 unspecified atom stereocenters. The fraction of sp³-hybridized carbons (Fsp3) is 0.954. The third kappa shape index (κ3) is 80.1. The highest BCUT2D eigenvalue weighted by molar-refractivity contribution is 7.47. The van der Waals surface area contributed by atoms with Crippen molar-refractivity contribution in [3.63, 3.8) is 0 Å². The Morgan fingerprint density at radius 3 is 0.642 bits per heavy atom. The van der Waals surface area contributed by atoms with E-state index in [0.717, 1.165) is 96.3 Å². The molecular weight excluding hydrogens is 1380 g/mol. The first kappa shape index (κ1) is 104. The van der Waals surface area contributed by atoms with E-state index in [-0.39, 0.29) is 25.7 Å². The van der Waals surface area contributed by atoms with Crippen LogP contribution >= 0.6 is 15.6 Å². The fourth-order valence-electron chi connectivity index (χ4n) is 13.6. The van der Waals surface area contributed by atoms with Crippen LogP contribution in [-0.2, 0) is 65.4 Å². The molecule has 106 heavy (non-hydrogen) atoms. The Kier molecular flexibility index (Phi) is 78.2. The lowest BCUT2D eigenvalue weighted by Gasteiger charge is -2.21. The standard InChI is InChI=1S/C87H170O17P2/c1-6-9-12-15-18-21-24-27-30-33-35-37-39-42-44-47-50-55-60-65-70-84(89)97-76-82(103-86(91)72-68-63-57-52-49-46-43-40-38-36-34-31-28-25-22-19-16-13-10-7-2)78-101-105(93,94)99-74-81(88)75-100-106(95,96)102-79-83(77-98-85(90)71-66-61-58-53-54-59-64-69-80(4)5)104-87(92)73-67-62-56-51-48-45-41-32-29-26-23-20-17-14-11-8-3/h80-83,88H,6-79H2,1-5H3,(H,93,94)(H,95,96)/t81-,82-,83-/m1/s1. The van der Waals surface area contributed by atoms with Crippen molar-refractivity contribution < 1.29 is 80.2 Å². The predicted molar refractivity (Wildman–Crippen MR) is 437 cm³/mol. The maximum atomic E-state index is 13.2. The van der Waals surface area contributed by atoms with Gasteiger partial charge in [-0.2, -0.15) is 0 Å². The van der Waals surface area contributed by atoms with Crippen molar-refractivity contribution in [1.82, 2.24) is 0 Å². The molecule has 0 aliphatic heterocycles. The van der Waals surface area contributed by atoms with Crippen LogP contribution in [0.1, 0.15) is 471 Å². The van der Waals surface area contributed by atoms with Gasteiger partial charge in [-0.3, -0.25) is 37.3 Å². The van der Waals surface area contributed by atoms with Gasteiger partial charge in [-0.15, -0.1) is 0 Å². The Bertz CT molecular complexity index is 2010. The maximum Gasteiger partial charge on any atom is 0.472 e. The van der Waals surface area contributed by atoms with Crippen molar-refractivity contribution in [3.8, 4) is 0 Å². The summed E-state index contributed by atoms with van der Waals surface area (Å²) in [5, 5.41) is 10.7. The average Bonchev–Trinajstić information content (AvgIpc) is 0.903. The van der Waals surface area contributed by atoms with E-state index in [1.54, 1.807) is 0 Å². The Morgan fingerprint density at radius 2 is 0.434 bits per heavy atom. The van der Waals surface area contributed by atoms with Gasteiger partial charge in [-0.25, -0.2) is 9.13 Å². The van der Waals surface area contributed by atoms with Gasteiger partial charge in [-0.05, 0) is 31.6 Å². The summed E-state index contributed by atoms with van der Waals surface area (Å²) in [7, 11) is -9.93. The fourth-order valence-corrected chi connectivity index (χ4v) is 15.2. The lowest BCUT2D eigenvalue weighted by atomic mass is 10.0. The molecule has 0 saturated heterocycles. The zero-order valence-electron chi connectivity index (χ0n) is 69.6. The average molecular weight is 1550 g/mol. The van der Waals surface area contributed by atoms with Gasteiger partial charge in [0.1, 0.15) is 19.3 Å². The third-order valence-corrected chi connectivity index (χ3v) is 22.4. The molecule has 0 aromatic heterocycles. The molecule has 0 saturated carbocycles. The largest absolute Gasteiger partial charge is 0.472 e. The summed E-state index contributed by atoms with van der Waals surface area (Å²) in [5.41, 5.74) is 0. The molecular formula is C87H170O17P2. The molecule has 0 heterocycles. The molecule has 0 rings (SSSR count). The number of phosphoric acid groups is 2. The van der Waals surface area contributed by atoms with E-state index in [1.165, 1.54) is 289 Å². The zero-order chi connectivity index (χ0) is 77.6. The van der Waals surface area contributed by atoms with E-state index < -0.39 is 97.5 Å². The van der Waals surface area contributed by atoms with Crippen molar-refractivity contribution in [2.24, 2.45) is 5.92 Å². The number of unbranched alkanes of at least 4 members (excludes halogenated alkanes) is 59. The molecule has 630 valence electrons. The smallest absolute Gasteiger partial charge is 0.462 e. The van der Waals surface area contributed by atoms with Gasteiger partial charge < -0.3 is 33.8 Å². The Balaban J connectivity index is 5.22. The van der Waals surface area contributed by atoms with Crippen molar-refractivity contribution in [2.45, 2.75) is 490 Å². The molecule has 0 fully saturated rings. The topological polar surface area (TPSA) is 237 Å². The van der Waals surface area contributed by atoms with E-state index in [0.29, 0.717) is 31.6 Å². The number of carbonyl (C=O) groups is 4. The van der Waals surface area contributed by atoms with E-state index in [2.05, 4.69) is 34.6 Å². The summed E-state index contributed by atoms with van der Waals surface area (Å²) in [6.45, 7) is 7.32. The minimum Gasteiger partial charge on any atom is -0.462 e. The third-order valence-electron chi connectivity index (χ3n) is 20.5. The molecule has 0 aliphatic carbocycles. The van der Waals surface area contributed by atoms with Crippen molar-refractivity contribution in [2.75, 3.05) is 39.6 Å². The van der Waals surface area contributed by atoms with Gasteiger partial charge in [0, 0.05) is 25.7 Å². The number of carbonyl (C=O) groups excluding carboxylic acids is 4. The highest BCUT2D eigenvalue weighted by atomic mass is 31.2. The van der Waals surface area contributed by atoms with Crippen LogP contribution in [0.2, 0.25) is 0 Å². The quantitative estimate of drug-likeness (QED) is 0.0222. The minimum atomic E-state index is -4.97. The summed E-state index contributed by atoms with van der Waals surface area (Å²) in [5.74, 6) is -1.39. The van der Waals surface area contributed by atoms with Crippen LogP contribution in [0.4, 0.5) is 0 Å². The molecule has 0 amide bonds. The first-order valence-electron chi connectivity index (χ1n) is 45.1. The molecule has 0 bridgehead atoms. The highest BCUT2D eigenvalue weighted by Gasteiger charge is 2.30. The molecule has 17 nitrogen and oxygen atoms in total. The molecule has 19 heteroatoms. The minimum absolute atomic E-state index is 0.108. The summed E-state index contributed by atoms with van der Waals surface area (Å²) >= 11 is 0. The normalized spacial score (nSPS) is 13.7. The van der Waals surface area contributed by atoms with Crippen LogP contribution in [0.3, 0.4) is 0 Å². The SMILES string of the molecule is CCCCCCCCCCCCCCCCCCCCCCC(=O)OC[C@H](COP(=O)(O)OC[C@@H](O)COP(=O)(O)OC[C@@H](COC(=O)CCCCCCCCCC(C)C)OC(=O)CCCCCCCCCCCCCCCCCC)OC(=O)CCCCCCCCCCCCCCCCCCCCCC. The second kappa shape index (κ2) is 79.7. The first-order chi connectivity index (χ1) is 51.5. The zero-order valence-corrected chi connectivity index (χ0v) is 71.4. The summed E-state index contributed by atoms with van der Waals surface area (Å²) in [6.07, 6.45) is 73.8. The number of phosphoric ester groups is 2. The van der Waals surface area contributed by atoms with Crippen LogP contribution < -0.4 is 0 Å². The molecule has 3 N–H and O–H groups in total. The van der Waals surface area contributed by atoms with Gasteiger partial charge in [0.2, 0.25) is 0 Å². The summed E-state index contributed by atoms with van der Waals surface area (Å²) in [6, 6.07) is 0. The maximum absolute atomic E-state index is 13.2. The lowest BCUT2D eigenvalue weighted by molar-refractivity contribution is -0.161. The Labute approximate surface area is 651 Å². The molecule has 0 aromatic rings. The van der Waals surface area contributed by atoms with Crippen LogP contribution in [0.15, 0.2) is 0 Å². The summed E-state index contributed by atoms with van der Waals surface area (Å²) < 4.78 is 68.9. The summed E-state index contributed by atoms with van der Waals surface area (Å²) in [4.78, 5) is 73.2. The predicted octanol–water partition coefficient (Wildman–Crippen LogP) is 26.8. The molecule has 0 aromatic carbocycles. The van der Waals surface area contributed by atoms with Crippen molar-refractivity contribution in [1.29, 1.82) is 0 Å². The molecule has 0 aliphatic rings. The molecule has 0 spiro atoms. The van der Waals surface area contributed by atoms with Crippen LogP contribution in [0.25, 0.3) is 0 Å². The van der Waals surface area contributed by atoms with Gasteiger partial charge in [0.05, 0.1) is 26.4 Å². The number of ether oxygens (including phenoxy) is 4. The lowest BCUT2D eigenvalue weighted by Crippen LogP contribution is -2.30. The van der Waals surface area contributed by atoms with Gasteiger partial charge in [0.15, 0.2) is 12.2 Å². The van der Waals surface area contributed by atoms with E-state index >= 15 is 0 Å². The molecule has 0 radical (unpaired) electrons. The van der Waals surface area contributed by atoms with E-state index in [4.69, 9.17) is 37.0 Å². The second-order valence-corrected chi connectivity index (χ2v) is 34.7. The van der Waals surface area contributed by atoms with E-state index in [9.17, 15) is 43.2 Å².